The maximum Gasteiger partial charge on any atom is 0.103 e. The molecule has 0 saturated heterocycles. The molecular weight excluding hydrogens is 286 g/mol. The Hall–Kier alpha value is -1.28. The molecular formula is C16H22ClN3O. The fourth-order valence-corrected chi connectivity index (χ4v) is 2.80. The quantitative estimate of drug-likeness (QED) is 0.791. The van der Waals surface area contributed by atoms with Gasteiger partial charge in [0.25, 0.3) is 0 Å². The summed E-state index contributed by atoms with van der Waals surface area (Å²) < 4.78 is 5.86. The summed E-state index contributed by atoms with van der Waals surface area (Å²) in [6.45, 7) is 1.50. The Morgan fingerprint density at radius 3 is 2.81 bits per heavy atom. The maximum atomic E-state index is 9.08. The molecule has 0 atom stereocenters. The molecule has 0 aromatic heterocycles. The predicted molar refractivity (Wildman–Crippen MR) is 85.5 cm³/mol. The molecule has 2 rings (SSSR count). The van der Waals surface area contributed by atoms with Gasteiger partial charge in [-0.15, -0.1) is 0 Å². The topological polar surface area (TPSA) is 71.1 Å². The highest BCUT2D eigenvalue weighted by Gasteiger charge is 2.18. The van der Waals surface area contributed by atoms with Crippen LogP contribution >= 0.6 is 11.6 Å². The Morgan fingerprint density at radius 2 is 2.10 bits per heavy atom. The molecule has 21 heavy (non-hydrogen) atoms. The van der Waals surface area contributed by atoms with Crippen molar-refractivity contribution < 1.29 is 4.74 Å². The molecule has 114 valence electrons. The molecule has 0 aliphatic heterocycles. The van der Waals surface area contributed by atoms with E-state index in [1.165, 1.54) is 0 Å². The third-order valence-corrected chi connectivity index (χ3v) is 4.15. The number of anilines is 1. The average Bonchev–Trinajstić information content (AvgIpc) is 2.49. The third-order valence-electron chi connectivity index (χ3n) is 3.83. The van der Waals surface area contributed by atoms with Crippen LogP contribution < -0.4 is 11.1 Å². The summed E-state index contributed by atoms with van der Waals surface area (Å²) in [6, 6.07) is 7.92. The van der Waals surface area contributed by atoms with Crippen molar-refractivity contribution in [1.82, 2.24) is 0 Å². The Labute approximate surface area is 131 Å². The molecule has 0 radical (unpaired) electrons. The van der Waals surface area contributed by atoms with Crippen molar-refractivity contribution >= 4 is 17.3 Å². The highest BCUT2D eigenvalue weighted by Crippen LogP contribution is 2.23. The minimum atomic E-state index is 0.360. The summed E-state index contributed by atoms with van der Waals surface area (Å²) in [6.07, 6.45) is 5.54. The number of nitrogens with zero attached hydrogens (tertiary/aromatic N) is 1. The second-order valence-corrected chi connectivity index (χ2v) is 5.87. The van der Waals surface area contributed by atoms with Crippen LogP contribution in [-0.2, 0) is 4.74 Å². The summed E-state index contributed by atoms with van der Waals surface area (Å²) in [5, 5.41) is 12.8. The highest BCUT2D eigenvalue weighted by atomic mass is 35.5. The van der Waals surface area contributed by atoms with Gasteiger partial charge in [0.1, 0.15) is 6.07 Å². The molecule has 3 N–H and O–H groups in total. The molecule has 1 aromatic carbocycles. The van der Waals surface area contributed by atoms with Gasteiger partial charge in [-0.3, -0.25) is 0 Å². The van der Waals surface area contributed by atoms with Gasteiger partial charge in [0.2, 0.25) is 0 Å². The number of halogens is 1. The van der Waals surface area contributed by atoms with Crippen molar-refractivity contribution in [2.45, 2.75) is 44.2 Å². The van der Waals surface area contributed by atoms with Crippen molar-refractivity contribution in [3.8, 4) is 6.07 Å². The van der Waals surface area contributed by atoms with E-state index in [1.54, 1.807) is 6.07 Å². The van der Waals surface area contributed by atoms with Crippen LogP contribution in [0.1, 0.15) is 37.7 Å². The van der Waals surface area contributed by atoms with Crippen molar-refractivity contribution in [1.29, 1.82) is 5.26 Å². The van der Waals surface area contributed by atoms with Crippen LogP contribution in [0.5, 0.6) is 0 Å². The Bertz CT molecular complexity index is 493. The molecule has 5 heteroatoms. The van der Waals surface area contributed by atoms with Crippen LogP contribution in [0.4, 0.5) is 5.69 Å². The second-order valence-electron chi connectivity index (χ2n) is 5.46. The van der Waals surface area contributed by atoms with E-state index >= 15 is 0 Å². The van der Waals surface area contributed by atoms with Gasteiger partial charge in [0.05, 0.1) is 22.4 Å². The Balaban J connectivity index is 1.66. The lowest BCUT2D eigenvalue weighted by molar-refractivity contribution is 0.0251. The van der Waals surface area contributed by atoms with E-state index in [0.29, 0.717) is 22.7 Å². The number of benzene rings is 1. The molecule has 1 fully saturated rings. The molecule has 1 aromatic rings. The molecule has 0 heterocycles. The van der Waals surface area contributed by atoms with Gasteiger partial charge in [-0.25, -0.2) is 0 Å². The van der Waals surface area contributed by atoms with Crippen molar-refractivity contribution in [2.75, 3.05) is 18.5 Å². The summed E-state index contributed by atoms with van der Waals surface area (Å²) in [5.74, 6) is 0. The Kier molecular flexibility index (Phi) is 6.31. The minimum Gasteiger partial charge on any atom is -0.384 e. The molecule has 4 nitrogen and oxygen atoms in total. The van der Waals surface area contributed by atoms with E-state index in [4.69, 9.17) is 27.3 Å². The Morgan fingerprint density at radius 1 is 1.33 bits per heavy atom. The van der Waals surface area contributed by atoms with E-state index in [9.17, 15) is 0 Å². The first-order chi connectivity index (χ1) is 10.2. The van der Waals surface area contributed by atoms with E-state index in [-0.39, 0.29) is 0 Å². The number of ether oxygens (including phenoxy) is 1. The fraction of sp³-hybridized carbons (Fsp3) is 0.562. The third kappa shape index (κ3) is 4.89. The van der Waals surface area contributed by atoms with E-state index < -0.39 is 0 Å². The minimum absolute atomic E-state index is 0.360. The zero-order chi connectivity index (χ0) is 15.1. The molecule has 0 unspecified atom stereocenters. The highest BCUT2D eigenvalue weighted by molar-refractivity contribution is 6.32. The summed E-state index contributed by atoms with van der Waals surface area (Å²) in [4.78, 5) is 0. The van der Waals surface area contributed by atoms with Crippen molar-refractivity contribution in [3.05, 3.63) is 28.8 Å². The first kappa shape index (κ1) is 16.1. The normalized spacial score (nSPS) is 21.8. The van der Waals surface area contributed by atoms with Gasteiger partial charge in [-0.05, 0) is 44.2 Å². The van der Waals surface area contributed by atoms with Gasteiger partial charge < -0.3 is 15.8 Å². The number of nitriles is 1. The lowest BCUT2D eigenvalue weighted by Crippen LogP contribution is -2.30. The molecule has 0 bridgehead atoms. The number of hydrogen-bond acceptors (Lipinski definition) is 4. The fourth-order valence-electron chi connectivity index (χ4n) is 2.59. The molecule has 1 aliphatic rings. The van der Waals surface area contributed by atoms with Gasteiger partial charge in [-0.2, -0.15) is 5.26 Å². The van der Waals surface area contributed by atoms with Gasteiger partial charge >= 0.3 is 0 Å². The molecule has 0 spiro atoms. The van der Waals surface area contributed by atoms with Gasteiger partial charge in [-0.1, -0.05) is 17.7 Å². The number of hydrogen-bond donors (Lipinski definition) is 2. The SMILES string of the molecule is N#Cc1c(Cl)cccc1NCCCOC1CCC(N)CC1. The van der Waals surface area contributed by atoms with Crippen LogP contribution in [0.3, 0.4) is 0 Å². The standard InChI is InChI=1S/C16H22ClN3O/c17-15-3-1-4-16(14(15)11-18)20-9-2-10-21-13-7-5-12(19)6-8-13/h1,3-4,12-13,20H,2,5-10,19H2. The van der Waals surface area contributed by atoms with Gasteiger partial charge in [0.15, 0.2) is 0 Å². The summed E-state index contributed by atoms with van der Waals surface area (Å²) >= 11 is 5.99. The van der Waals surface area contributed by atoms with Crippen LogP contribution in [0.2, 0.25) is 5.02 Å². The lowest BCUT2D eigenvalue weighted by Gasteiger charge is -2.26. The number of nitrogens with one attached hydrogen (secondary N) is 1. The smallest absolute Gasteiger partial charge is 0.103 e. The van der Waals surface area contributed by atoms with Crippen LogP contribution in [-0.4, -0.2) is 25.3 Å². The van der Waals surface area contributed by atoms with Crippen molar-refractivity contribution in [2.24, 2.45) is 5.73 Å². The number of nitrogens with two attached hydrogens (primary N) is 1. The largest absolute Gasteiger partial charge is 0.384 e. The summed E-state index contributed by atoms with van der Waals surface area (Å²) in [7, 11) is 0. The predicted octanol–water partition coefficient (Wildman–Crippen LogP) is 3.30. The molecule has 0 amide bonds. The average molecular weight is 308 g/mol. The van der Waals surface area contributed by atoms with E-state index in [0.717, 1.165) is 50.9 Å². The first-order valence-electron chi connectivity index (χ1n) is 7.50. The van der Waals surface area contributed by atoms with Crippen LogP contribution in [0, 0.1) is 11.3 Å². The van der Waals surface area contributed by atoms with E-state index in [1.807, 2.05) is 12.1 Å². The van der Waals surface area contributed by atoms with Gasteiger partial charge in [0, 0.05) is 19.2 Å². The second kappa shape index (κ2) is 8.23. The molecule has 1 aliphatic carbocycles. The number of rotatable bonds is 6. The monoisotopic (exact) mass is 307 g/mol. The zero-order valence-electron chi connectivity index (χ0n) is 12.1. The van der Waals surface area contributed by atoms with Crippen LogP contribution in [0.15, 0.2) is 18.2 Å². The van der Waals surface area contributed by atoms with Crippen molar-refractivity contribution in [3.63, 3.8) is 0 Å². The summed E-state index contributed by atoms with van der Waals surface area (Å²) in [5.41, 5.74) is 7.16. The lowest BCUT2D eigenvalue weighted by atomic mass is 9.94. The first-order valence-corrected chi connectivity index (χ1v) is 7.88. The van der Waals surface area contributed by atoms with E-state index in [2.05, 4.69) is 11.4 Å². The maximum absolute atomic E-state index is 9.08. The van der Waals surface area contributed by atoms with Crippen LogP contribution in [0.25, 0.3) is 0 Å². The zero-order valence-corrected chi connectivity index (χ0v) is 12.9. The molecule has 1 saturated carbocycles.